The lowest BCUT2D eigenvalue weighted by atomic mass is 10.2. The molecule has 4 nitrogen and oxygen atoms in total. The smallest absolute Gasteiger partial charge is 0.166 e. The predicted molar refractivity (Wildman–Crippen MR) is 53.9 cm³/mol. The average Bonchev–Trinajstić information content (AvgIpc) is 2.33. The summed E-state index contributed by atoms with van der Waals surface area (Å²) >= 11 is 0. The Kier molecular flexibility index (Phi) is 2.86. The lowest BCUT2D eigenvalue weighted by molar-refractivity contribution is 0.112. The zero-order chi connectivity index (χ0) is 11.4. The molecule has 0 radical (unpaired) electrons. The molecule has 0 aliphatic rings. The van der Waals surface area contributed by atoms with E-state index in [1.807, 2.05) is 0 Å². The molecule has 0 unspecified atom stereocenters. The minimum atomic E-state index is -0.603. The van der Waals surface area contributed by atoms with Crippen LogP contribution < -0.4 is 4.74 Å². The lowest BCUT2D eigenvalue weighted by Gasteiger charge is -2.05. The first-order valence-corrected chi connectivity index (χ1v) is 4.47. The number of aldehydes is 1. The number of hydrogen-bond donors (Lipinski definition) is 0. The Labute approximate surface area is 90.7 Å². The number of carbonyl (C=O) groups excluding carboxylic acids is 1. The van der Waals surface area contributed by atoms with E-state index in [0.717, 1.165) is 6.07 Å². The van der Waals surface area contributed by atoms with Crippen LogP contribution in [-0.2, 0) is 0 Å². The van der Waals surface area contributed by atoms with E-state index in [9.17, 15) is 9.18 Å². The highest BCUT2D eigenvalue weighted by molar-refractivity contribution is 5.75. The van der Waals surface area contributed by atoms with E-state index < -0.39 is 5.82 Å². The summed E-state index contributed by atoms with van der Waals surface area (Å²) in [4.78, 5) is 17.9. The van der Waals surface area contributed by atoms with E-state index in [2.05, 4.69) is 9.97 Å². The van der Waals surface area contributed by atoms with Crippen LogP contribution in [0.15, 0.2) is 36.9 Å². The molecule has 0 amide bonds. The van der Waals surface area contributed by atoms with E-state index in [1.165, 1.54) is 30.9 Å². The number of rotatable bonds is 3. The number of aromatic nitrogens is 2. The van der Waals surface area contributed by atoms with Gasteiger partial charge in [0.05, 0.1) is 12.4 Å². The van der Waals surface area contributed by atoms with Crippen molar-refractivity contribution < 1.29 is 13.9 Å². The molecule has 5 heteroatoms. The predicted octanol–water partition coefficient (Wildman–Crippen LogP) is 2.22. The highest BCUT2D eigenvalue weighted by Gasteiger charge is 2.05. The molecule has 0 N–H and O–H groups in total. The molecular weight excluding hydrogens is 211 g/mol. The Morgan fingerprint density at radius 2 is 2.00 bits per heavy atom. The summed E-state index contributed by atoms with van der Waals surface area (Å²) in [6.07, 6.45) is 4.75. The van der Waals surface area contributed by atoms with Gasteiger partial charge in [0.1, 0.15) is 12.6 Å². The second kappa shape index (κ2) is 4.48. The maximum atomic E-state index is 13.4. The van der Waals surface area contributed by atoms with Gasteiger partial charge in [-0.05, 0) is 18.2 Å². The highest BCUT2D eigenvalue weighted by atomic mass is 19.1. The Morgan fingerprint density at radius 3 is 2.62 bits per heavy atom. The molecule has 16 heavy (non-hydrogen) atoms. The molecule has 0 saturated carbocycles. The molecule has 0 saturated heterocycles. The molecule has 80 valence electrons. The summed E-state index contributed by atoms with van der Waals surface area (Å²) in [5, 5.41) is 0. The first-order valence-electron chi connectivity index (χ1n) is 4.47. The van der Waals surface area contributed by atoms with E-state index >= 15 is 0 Å². The third kappa shape index (κ3) is 2.20. The maximum Gasteiger partial charge on any atom is 0.166 e. The van der Waals surface area contributed by atoms with Crippen molar-refractivity contribution in [1.29, 1.82) is 0 Å². The van der Waals surface area contributed by atoms with E-state index in [4.69, 9.17) is 4.74 Å². The molecular formula is C11H7FN2O2. The van der Waals surface area contributed by atoms with Gasteiger partial charge in [0.15, 0.2) is 17.3 Å². The third-order valence-electron chi connectivity index (χ3n) is 1.86. The monoisotopic (exact) mass is 218 g/mol. The van der Waals surface area contributed by atoms with Gasteiger partial charge in [-0.1, -0.05) is 0 Å². The van der Waals surface area contributed by atoms with Crippen LogP contribution in [0.25, 0.3) is 0 Å². The van der Waals surface area contributed by atoms with Crippen LogP contribution in [0.4, 0.5) is 4.39 Å². The second-order valence-corrected chi connectivity index (χ2v) is 2.98. The Bertz CT molecular complexity index is 503. The average molecular weight is 218 g/mol. The fraction of sp³-hybridized carbons (Fsp3) is 0. The van der Waals surface area contributed by atoms with E-state index in [0.29, 0.717) is 12.0 Å². The van der Waals surface area contributed by atoms with Crippen molar-refractivity contribution in [2.75, 3.05) is 0 Å². The number of hydrogen-bond acceptors (Lipinski definition) is 4. The van der Waals surface area contributed by atoms with Crippen LogP contribution in [0.3, 0.4) is 0 Å². The molecule has 2 rings (SSSR count). The molecule has 1 heterocycles. The standard InChI is InChI=1S/C11H7FN2O2/c12-10-3-8(6-15)1-2-11(10)16-9-4-13-7-14-5-9/h1-7H. The normalized spacial score (nSPS) is 9.81. The van der Waals surface area contributed by atoms with Crippen LogP contribution in [0.2, 0.25) is 0 Å². The molecule has 0 spiro atoms. The van der Waals surface area contributed by atoms with E-state index in [-0.39, 0.29) is 11.3 Å². The van der Waals surface area contributed by atoms with Crippen LogP contribution >= 0.6 is 0 Å². The van der Waals surface area contributed by atoms with Gasteiger partial charge >= 0.3 is 0 Å². The first kappa shape index (κ1) is 10.2. The Balaban J connectivity index is 2.25. The quantitative estimate of drug-likeness (QED) is 0.741. The second-order valence-electron chi connectivity index (χ2n) is 2.98. The third-order valence-corrected chi connectivity index (χ3v) is 1.86. The molecule has 2 aromatic rings. The van der Waals surface area contributed by atoms with Crippen molar-refractivity contribution in [2.45, 2.75) is 0 Å². The van der Waals surface area contributed by atoms with Crippen LogP contribution in [0, 0.1) is 5.82 Å². The van der Waals surface area contributed by atoms with E-state index in [1.54, 1.807) is 0 Å². The van der Waals surface area contributed by atoms with Crippen LogP contribution in [0.5, 0.6) is 11.5 Å². The summed E-state index contributed by atoms with van der Waals surface area (Å²) in [6, 6.07) is 3.95. The van der Waals surface area contributed by atoms with Gasteiger partial charge in [0, 0.05) is 5.56 Å². The zero-order valence-corrected chi connectivity index (χ0v) is 8.13. The summed E-state index contributed by atoms with van der Waals surface area (Å²) in [6.45, 7) is 0. The number of halogens is 1. The maximum absolute atomic E-state index is 13.4. The van der Waals surface area contributed by atoms with Crippen LogP contribution in [-0.4, -0.2) is 16.3 Å². The molecule has 1 aromatic carbocycles. The van der Waals surface area contributed by atoms with Crippen molar-refractivity contribution in [1.82, 2.24) is 9.97 Å². The van der Waals surface area contributed by atoms with Crippen molar-refractivity contribution in [3.63, 3.8) is 0 Å². The fourth-order valence-electron chi connectivity index (χ4n) is 1.14. The van der Waals surface area contributed by atoms with Crippen molar-refractivity contribution in [3.8, 4) is 11.5 Å². The first-order chi connectivity index (χ1) is 7.79. The molecule has 1 aromatic heterocycles. The molecule has 0 aliphatic heterocycles. The lowest BCUT2D eigenvalue weighted by Crippen LogP contribution is -1.91. The topological polar surface area (TPSA) is 52.1 Å². The molecule has 0 aliphatic carbocycles. The summed E-state index contributed by atoms with van der Waals surface area (Å²) in [7, 11) is 0. The van der Waals surface area contributed by atoms with Crippen molar-refractivity contribution in [2.24, 2.45) is 0 Å². The van der Waals surface area contributed by atoms with Crippen molar-refractivity contribution in [3.05, 3.63) is 48.3 Å². The fourth-order valence-corrected chi connectivity index (χ4v) is 1.14. The van der Waals surface area contributed by atoms with Gasteiger partial charge in [-0.3, -0.25) is 4.79 Å². The zero-order valence-electron chi connectivity index (χ0n) is 8.13. The molecule has 0 bridgehead atoms. The van der Waals surface area contributed by atoms with Crippen LogP contribution in [0.1, 0.15) is 10.4 Å². The van der Waals surface area contributed by atoms with Crippen molar-refractivity contribution >= 4 is 6.29 Å². The summed E-state index contributed by atoms with van der Waals surface area (Å²) in [5.74, 6) is -0.242. The molecule has 0 atom stereocenters. The number of carbonyl (C=O) groups is 1. The van der Waals surface area contributed by atoms with Gasteiger partial charge in [0.2, 0.25) is 0 Å². The summed E-state index contributed by atoms with van der Waals surface area (Å²) in [5.41, 5.74) is 0.258. The minimum absolute atomic E-state index is 0.0281. The molecule has 0 fully saturated rings. The Morgan fingerprint density at radius 1 is 1.25 bits per heavy atom. The number of ether oxygens (including phenoxy) is 1. The SMILES string of the molecule is O=Cc1ccc(Oc2cncnc2)c(F)c1. The number of benzene rings is 1. The number of nitrogens with zero attached hydrogens (tertiary/aromatic N) is 2. The van der Waals surface area contributed by atoms with Gasteiger partial charge in [-0.25, -0.2) is 14.4 Å². The summed E-state index contributed by atoms with van der Waals surface area (Å²) < 4.78 is 18.6. The Hall–Kier alpha value is -2.30. The van der Waals surface area contributed by atoms with Gasteiger partial charge < -0.3 is 4.74 Å². The highest BCUT2D eigenvalue weighted by Crippen LogP contribution is 2.23. The van der Waals surface area contributed by atoms with Gasteiger partial charge in [0.25, 0.3) is 0 Å². The van der Waals surface area contributed by atoms with Gasteiger partial charge in [-0.2, -0.15) is 0 Å². The minimum Gasteiger partial charge on any atom is -0.451 e. The van der Waals surface area contributed by atoms with Gasteiger partial charge in [-0.15, -0.1) is 0 Å². The largest absolute Gasteiger partial charge is 0.451 e.